The molecule has 0 aliphatic heterocycles. The third kappa shape index (κ3) is 3.09. The molecule has 0 saturated heterocycles. The van der Waals surface area contributed by atoms with Crippen molar-refractivity contribution in [2.45, 2.75) is 13.8 Å². The van der Waals surface area contributed by atoms with Crippen molar-refractivity contribution in [3.8, 4) is 6.07 Å². The highest BCUT2D eigenvalue weighted by Crippen LogP contribution is 2.08. The minimum atomic E-state index is -0.0363. The van der Waals surface area contributed by atoms with Crippen LogP contribution >= 0.6 is 0 Å². The van der Waals surface area contributed by atoms with Crippen LogP contribution in [-0.4, -0.2) is 24.4 Å². The van der Waals surface area contributed by atoms with Crippen LogP contribution in [0.15, 0.2) is 24.3 Å². The highest BCUT2D eigenvalue weighted by atomic mass is 16.2. The molecular formula is C13H16N2O. The highest BCUT2D eigenvalue weighted by molar-refractivity contribution is 5.94. The molecule has 0 aliphatic carbocycles. The fourth-order valence-corrected chi connectivity index (χ4v) is 1.57. The number of hydrogen-bond donors (Lipinski definition) is 0. The number of nitrogens with zero attached hydrogens (tertiary/aromatic N) is 2. The summed E-state index contributed by atoms with van der Waals surface area (Å²) in [5.74, 6) is 0.402. The molecule has 0 bridgehead atoms. The van der Waals surface area contributed by atoms with E-state index in [0.717, 1.165) is 6.54 Å². The zero-order valence-electron chi connectivity index (χ0n) is 9.90. The summed E-state index contributed by atoms with van der Waals surface area (Å²) in [6.07, 6.45) is 0. The SMILES string of the molecule is CC(C)CN(C)C(=O)c1cccc(C#N)c1. The lowest BCUT2D eigenvalue weighted by Gasteiger charge is -2.19. The number of rotatable bonds is 3. The van der Waals surface area contributed by atoms with Gasteiger partial charge in [-0.1, -0.05) is 19.9 Å². The topological polar surface area (TPSA) is 44.1 Å². The second-order valence-corrected chi connectivity index (χ2v) is 4.27. The number of carbonyl (C=O) groups excluding carboxylic acids is 1. The van der Waals surface area contributed by atoms with E-state index in [9.17, 15) is 4.79 Å². The molecule has 0 spiro atoms. The summed E-state index contributed by atoms with van der Waals surface area (Å²) < 4.78 is 0. The molecule has 0 aromatic heterocycles. The van der Waals surface area contributed by atoms with Gasteiger partial charge in [-0.25, -0.2) is 0 Å². The highest BCUT2D eigenvalue weighted by Gasteiger charge is 2.12. The van der Waals surface area contributed by atoms with Crippen LogP contribution in [0.1, 0.15) is 29.8 Å². The summed E-state index contributed by atoms with van der Waals surface area (Å²) in [4.78, 5) is 13.6. The predicted octanol–water partition coefficient (Wildman–Crippen LogP) is 2.29. The monoisotopic (exact) mass is 216 g/mol. The van der Waals surface area contributed by atoms with Gasteiger partial charge < -0.3 is 4.90 Å². The molecule has 1 aromatic rings. The lowest BCUT2D eigenvalue weighted by Crippen LogP contribution is -2.30. The molecule has 3 nitrogen and oxygen atoms in total. The minimum Gasteiger partial charge on any atom is -0.341 e. The summed E-state index contributed by atoms with van der Waals surface area (Å²) in [6.45, 7) is 4.85. The average molecular weight is 216 g/mol. The predicted molar refractivity (Wildman–Crippen MR) is 63.0 cm³/mol. The van der Waals surface area contributed by atoms with Crippen LogP contribution in [0, 0.1) is 17.2 Å². The van der Waals surface area contributed by atoms with Crippen molar-refractivity contribution in [2.24, 2.45) is 5.92 Å². The van der Waals surface area contributed by atoms with E-state index in [-0.39, 0.29) is 5.91 Å². The van der Waals surface area contributed by atoms with Crippen molar-refractivity contribution in [3.63, 3.8) is 0 Å². The van der Waals surface area contributed by atoms with Gasteiger partial charge in [-0.05, 0) is 24.1 Å². The fraction of sp³-hybridized carbons (Fsp3) is 0.385. The zero-order valence-corrected chi connectivity index (χ0v) is 9.90. The summed E-state index contributed by atoms with van der Waals surface area (Å²) in [5.41, 5.74) is 1.09. The molecule has 0 radical (unpaired) electrons. The van der Waals surface area contributed by atoms with E-state index in [2.05, 4.69) is 13.8 Å². The molecule has 3 heteroatoms. The standard InChI is InChI=1S/C13H16N2O/c1-10(2)9-15(3)13(16)12-6-4-5-11(7-12)8-14/h4-7,10H,9H2,1-3H3. The Morgan fingerprint density at radius 1 is 1.50 bits per heavy atom. The van der Waals surface area contributed by atoms with Gasteiger partial charge in [0.1, 0.15) is 0 Å². The molecule has 0 N–H and O–H groups in total. The van der Waals surface area contributed by atoms with E-state index in [1.807, 2.05) is 6.07 Å². The Kier molecular flexibility index (Phi) is 4.07. The van der Waals surface area contributed by atoms with E-state index < -0.39 is 0 Å². The summed E-state index contributed by atoms with van der Waals surface area (Å²) in [5, 5.41) is 8.75. The van der Waals surface area contributed by atoms with Crippen molar-refractivity contribution in [3.05, 3.63) is 35.4 Å². The maximum absolute atomic E-state index is 12.0. The second kappa shape index (κ2) is 5.32. The molecule has 16 heavy (non-hydrogen) atoms. The maximum atomic E-state index is 12.0. The van der Waals surface area contributed by atoms with Crippen LogP contribution < -0.4 is 0 Å². The van der Waals surface area contributed by atoms with Crippen LogP contribution in [0.4, 0.5) is 0 Å². The van der Waals surface area contributed by atoms with Gasteiger partial charge in [-0.2, -0.15) is 5.26 Å². The minimum absolute atomic E-state index is 0.0363. The summed E-state index contributed by atoms with van der Waals surface area (Å²) in [6, 6.07) is 8.82. The molecule has 0 atom stereocenters. The van der Waals surface area contributed by atoms with Crippen LogP contribution in [0.2, 0.25) is 0 Å². The molecule has 0 heterocycles. The molecular weight excluding hydrogens is 200 g/mol. The van der Waals surface area contributed by atoms with Crippen molar-refractivity contribution in [2.75, 3.05) is 13.6 Å². The third-order valence-corrected chi connectivity index (χ3v) is 2.22. The lowest BCUT2D eigenvalue weighted by atomic mass is 10.1. The van der Waals surface area contributed by atoms with E-state index in [4.69, 9.17) is 5.26 Å². The van der Waals surface area contributed by atoms with Crippen LogP contribution in [0.5, 0.6) is 0 Å². The number of hydrogen-bond acceptors (Lipinski definition) is 2. The smallest absolute Gasteiger partial charge is 0.253 e. The first kappa shape index (κ1) is 12.3. The molecule has 0 saturated carbocycles. The molecule has 84 valence electrons. The molecule has 1 aromatic carbocycles. The largest absolute Gasteiger partial charge is 0.341 e. The Bertz CT molecular complexity index is 418. The van der Waals surface area contributed by atoms with Gasteiger partial charge in [0, 0.05) is 19.2 Å². The Balaban J connectivity index is 2.84. The molecule has 0 fully saturated rings. The first-order valence-corrected chi connectivity index (χ1v) is 5.30. The van der Waals surface area contributed by atoms with E-state index in [0.29, 0.717) is 17.0 Å². The van der Waals surface area contributed by atoms with Gasteiger partial charge in [-0.3, -0.25) is 4.79 Å². The van der Waals surface area contributed by atoms with E-state index in [1.165, 1.54) is 0 Å². The lowest BCUT2D eigenvalue weighted by molar-refractivity contribution is 0.0779. The van der Waals surface area contributed by atoms with Crippen molar-refractivity contribution in [1.82, 2.24) is 4.90 Å². The van der Waals surface area contributed by atoms with Gasteiger partial charge in [0.25, 0.3) is 5.91 Å². The zero-order chi connectivity index (χ0) is 12.1. The van der Waals surface area contributed by atoms with Gasteiger partial charge in [-0.15, -0.1) is 0 Å². The normalized spacial score (nSPS) is 9.94. The molecule has 1 rings (SSSR count). The van der Waals surface area contributed by atoms with Crippen molar-refractivity contribution in [1.29, 1.82) is 5.26 Å². The van der Waals surface area contributed by atoms with E-state index in [1.54, 1.807) is 36.2 Å². The van der Waals surface area contributed by atoms with Gasteiger partial charge >= 0.3 is 0 Å². The maximum Gasteiger partial charge on any atom is 0.253 e. The van der Waals surface area contributed by atoms with Crippen LogP contribution in [0.25, 0.3) is 0 Å². The summed E-state index contributed by atoms with van der Waals surface area (Å²) >= 11 is 0. The Morgan fingerprint density at radius 3 is 2.75 bits per heavy atom. The van der Waals surface area contributed by atoms with Gasteiger partial charge in [0.15, 0.2) is 0 Å². The second-order valence-electron chi connectivity index (χ2n) is 4.27. The van der Waals surface area contributed by atoms with Gasteiger partial charge in [0.05, 0.1) is 11.6 Å². The van der Waals surface area contributed by atoms with Crippen molar-refractivity contribution < 1.29 is 4.79 Å². The fourth-order valence-electron chi connectivity index (χ4n) is 1.57. The Labute approximate surface area is 96.3 Å². The third-order valence-electron chi connectivity index (χ3n) is 2.22. The number of amides is 1. The molecule has 1 amide bonds. The van der Waals surface area contributed by atoms with Gasteiger partial charge in [0.2, 0.25) is 0 Å². The molecule has 0 aliphatic rings. The summed E-state index contributed by atoms with van der Waals surface area (Å²) in [7, 11) is 1.78. The number of carbonyl (C=O) groups is 1. The molecule has 0 unspecified atom stereocenters. The number of nitriles is 1. The Hall–Kier alpha value is -1.82. The first-order valence-electron chi connectivity index (χ1n) is 5.30. The quantitative estimate of drug-likeness (QED) is 0.778. The Morgan fingerprint density at radius 2 is 2.19 bits per heavy atom. The van der Waals surface area contributed by atoms with E-state index >= 15 is 0 Å². The van der Waals surface area contributed by atoms with Crippen molar-refractivity contribution >= 4 is 5.91 Å². The van der Waals surface area contributed by atoms with Crippen LogP contribution in [0.3, 0.4) is 0 Å². The first-order chi connectivity index (χ1) is 7.54. The van der Waals surface area contributed by atoms with Crippen LogP contribution in [-0.2, 0) is 0 Å². The number of benzene rings is 1. The average Bonchev–Trinajstić information content (AvgIpc) is 2.27.